The molecule has 0 aliphatic rings. The molecule has 0 saturated carbocycles. The van der Waals surface area contributed by atoms with Crippen LogP contribution in [0.15, 0.2) is 53.4 Å². The monoisotopic (exact) mass is 429 g/mol. The Morgan fingerprint density at radius 3 is 2.07 bits per heavy atom. The molecule has 0 aliphatic carbocycles. The number of unbranched alkanes of at least 4 members (excludes halogenated alkanes) is 1. The maximum absolute atomic E-state index is 13.1. The molecule has 0 atom stereocenters. The number of carbonyl (C=O) groups is 1. The summed E-state index contributed by atoms with van der Waals surface area (Å²) in [6.45, 7) is 3.94. The number of nitrogens with zero attached hydrogens (tertiary/aromatic N) is 1. The van der Waals surface area contributed by atoms with Crippen LogP contribution in [0.25, 0.3) is 0 Å². The van der Waals surface area contributed by atoms with Crippen LogP contribution in [0.2, 0.25) is 0 Å². The van der Waals surface area contributed by atoms with Gasteiger partial charge in [-0.15, -0.1) is 0 Å². The molecule has 2 aromatic rings. The molecular weight excluding hydrogens is 407 g/mol. The van der Waals surface area contributed by atoms with Crippen LogP contribution in [0.5, 0.6) is 0 Å². The fraction of sp³-hybridized carbons (Fsp3) is 0.350. The molecule has 9 heteroatoms. The van der Waals surface area contributed by atoms with Gasteiger partial charge in [0, 0.05) is 6.54 Å². The molecule has 0 fully saturated rings. The fourth-order valence-electron chi connectivity index (χ4n) is 2.61. The van der Waals surface area contributed by atoms with Gasteiger partial charge in [0.2, 0.25) is 0 Å². The predicted molar refractivity (Wildman–Crippen MR) is 103 cm³/mol. The van der Waals surface area contributed by atoms with Crippen molar-refractivity contribution in [3.63, 3.8) is 0 Å². The molecule has 158 valence electrons. The number of benzene rings is 2. The van der Waals surface area contributed by atoms with Crippen LogP contribution >= 0.6 is 0 Å². The van der Waals surface area contributed by atoms with Gasteiger partial charge in [0.15, 0.2) is 0 Å². The Morgan fingerprint density at radius 2 is 1.59 bits per heavy atom. The molecule has 2 aromatic carbocycles. The molecule has 0 aliphatic heterocycles. The van der Waals surface area contributed by atoms with Crippen LogP contribution in [0.4, 0.5) is 18.9 Å². The van der Waals surface area contributed by atoms with E-state index in [1.54, 1.807) is 6.92 Å². The maximum atomic E-state index is 13.1. The van der Waals surface area contributed by atoms with Crippen molar-refractivity contribution in [2.45, 2.75) is 37.8 Å². The largest absolute Gasteiger partial charge is 0.462 e. The summed E-state index contributed by atoms with van der Waals surface area (Å²) < 4.78 is 70.5. The summed E-state index contributed by atoms with van der Waals surface area (Å²) in [6.07, 6.45) is -3.27. The first-order valence-corrected chi connectivity index (χ1v) is 10.5. The zero-order valence-corrected chi connectivity index (χ0v) is 16.9. The minimum atomic E-state index is -4.55. The smallest absolute Gasteiger partial charge is 0.416 e. The van der Waals surface area contributed by atoms with Crippen molar-refractivity contribution < 1.29 is 31.1 Å². The van der Waals surface area contributed by atoms with E-state index < -0.39 is 27.7 Å². The van der Waals surface area contributed by atoms with E-state index in [4.69, 9.17) is 4.74 Å². The summed E-state index contributed by atoms with van der Waals surface area (Å²) in [5, 5.41) is 0. The van der Waals surface area contributed by atoms with E-state index in [0.29, 0.717) is 12.1 Å². The van der Waals surface area contributed by atoms with Gasteiger partial charge in [-0.2, -0.15) is 13.2 Å². The van der Waals surface area contributed by atoms with Crippen molar-refractivity contribution in [3.8, 4) is 0 Å². The third kappa shape index (κ3) is 5.50. The number of hydrogen-bond donors (Lipinski definition) is 0. The molecule has 0 heterocycles. The van der Waals surface area contributed by atoms with Gasteiger partial charge in [0.25, 0.3) is 10.0 Å². The van der Waals surface area contributed by atoms with Crippen LogP contribution in [0, 0.1) is 0 Å². The standard InChI is InChI=1S/C20H22F3NO4S/c1-3-5-14-24(17-10-6-15(7-11-17)19(25)28-4-2)29(26,27)18-12-8-16(9-13-18)20(21,22)23/h6-13H,3-5,14H2,1-2H3. The first kappa shape index (κ1) is 22.7. The number of rotatable bonds is 8. The normalized spacial score (nSPS) is 11.9. The van der Waals surface area contributed by atoms with E-state index in [-0.39, 0.29) is 23.6 Å². The Balaban J connectivity index is 2.39. The molecule has 0 unspecified atom stereocenters. The van der Waals surface area contributed by atoms with Crippen molar-refractivity contribution in [3.05, 3.63) is 59.7 Å². The predicted octanol–water partition coefficient (Wildman–Crippen LogP) is 4.88. The second-order valence-corrected chi connectivity index (χ2v) is 8.08. The van der Waals surface area contributed by atoms with Crippen molar-refractivity contribution in [1.82, 2.24) is 0 Å². The van der Waals surface area contributed by atoms with E-state index >= 15 is 0 Å². The van der Waals surface area contributed by atoms with Crippen molar-refractivity contribution >= 4 is 21.7 Å². The van der Waals surface area contributed by atoms with Crippen LogP contribution < -0.4 is 4.31 Å². The SMILES string of the molecule is CCCCN(c1ccc(C(=O)OCC)cc1)S(=O)(=O)c1ccc(C(F)(F)F)cc1. The lowest BCUT2D eigenvalue weighted by Crippen LogP contribution is -2.32. The summed E-state index contributed by atoms with van der Waals surface area (Å²) in [5.41, 5.74) is -0.334. The van der Waals surface area contributed by atoms with Crippen LogP contribution in [0.1, 0.15) is 42.6 Å². The van der Waals surface area contributed by atoms with Gasteiger partial charge in [0.05, 0.1) is 28.3 Å². The molecule has 0 amide bonds. The second-order valence-electron chi connectivity index (χ2n) is 6.22. The molecule has 0 spiro atoms. The molecule has 0 saturated heterocycles. The molecule has 29 heavy (non-hydrogen) atoms. The first-order chi connectivity index (χ1) is 13.6. The number of hydrogen-bond acceptors (Lipinski definition) is 4. The quantitative estimate of drug-likeness (QED) is 0.561. The van der Waals surface area contributed by atoms with Crippen LogP contribution in [0.3, 0.4) is 0 Å². The maximum Gasteiger partial charge on any atom is 0.416 e. The third-order valence-corrected chi connectivity index (χ3v) is 5.99. The lowest BCUT2D eigenvalue weighted by atomic mass is 10.2. The molecule has 0 bridgehead atoms. The molecule has 0 aromatic heterocycles. The highest BCUT2D eigenvalue weighted by atomic mass is 32.2. The topological polar surface area (TPSA) is 63.7 Å². The summed E-state index contributed by atoms with van der Waals surface area (Å²) >= 11 is 0. The summed E-state index contributed by atoms with van der Waals surface area (Å²) in [7, 11) is -4.08. The molecule has 0 radical (unpaired) electrons. The van der Waals surface area contributed by atoms with Gasteiger partial charge >= 0.3 is 12.1 Å². The van der Waals surface area contributed by atoms with Gasteiger partial charge in [-0.1, -0.05) is 13.3 Å². The van der Waals surface area contributed by atoms with E-state index in [2.05, 4.69) is 0 Å². The van der Waals surface area contributed by atoms with Crippen LogP contribution in [-0.4, -0.2) is 27.5 Å². The van der Waals surface area contributed by atoms with Crippen molar-refractivity contribution in [2.75, 3.05) is 17.5 Å². The lowest BCUT2D eigenvalue weighted by molar-refractivity contribution is -0.137. The summed E-state index contributed by atoms with van der Waals surface area (Å²) in [4.78, 5) is 11.5. The number of esters is 1. The Hall–Kier alpha value is -2.55. The number of anilines is 1. The summed E-state index contributed by atoms with van der Waals surface area (Å²) in [5.74, 6) is -0.523. The molecule has 5 nitrogen and oxygen atoms in total. The summed E-state index contributed by atoms with van der Waals surface area (Å²) in [6, 6.07) is 9.24. The second kappa shape index (κ2) is 9.30. The Morgan fingerprint density at radius 1 is 1.00 bits per heavy atom. The Bertz CT molecular complexity index is 924. The van der Waals surface area contributed by atoms with Crippen molar-refractivity contribution in [2.24, 2.45) is 0 Å². The lowest BCUT2D eigenvalue weighted by Gasteiger charge is -2.25. The van der Waals surface area contributed by atoms with Gasteiger partial charge in [-0.05, 0) is 61.9 Å². The zero-order chi connectivity index (χ0) is 21.7. The number of ether oxygens (including phenoxy) is 1. The van der Waals surface area contributed by atoms with Crippen molar-refractivity contribution in [1.29, 1.82) is 0 Å². The molecular formula is C20H22F3NO4S. The van der Waals surface area contributed by atoms with Gasteiger partial charge in [-0.25, -0.2) is 13.2 Å². The molecule has 2 rings (SSSR count). The van der Waals surface area contributed by atoms with E-state index in [1.807, 2.05) is 6.92 Å². The highest BCUT2D eigenvalue weighted by Crippen LogP contribution is 2.31. The molecule has 0 N–H and O–H groups in total. The van der Waals surface area contributed by atoms with Gasteiger partial charge in [-0.3, -0.25) is 4.31 Å². The zero-order valence-electron chi connectivity index (χ0n) is 16.1. The Kier molecular flexibility index (Phi) is 7.29. The van der Waals surface area contributed by atoms with E-state index in [1.165, 1.54) is 24.3 Å². The fourth-order valence-corrected chi connectivity index (χ4v) is 4.11. The number of halogens is 3. The highest BCUT2D eigenvalue weighted by Gasteiger charge is 2.31. The average molecular weight is 429 g/mol. The van der Waals surface area contributed by atoms with E-state index in [0.717, 1.165) is 35.0 Å². The van der Waals surface area contributed by atoms with Crippen LogP contribution in [-0.2, 0) is 20.9 Å². The first-order valence-electron chi connectivity index (χ1n) is 9.08. The highest BCUT2D eigenvalue weighted by molar-refractivity contribution is 7.92. The average Bonchev–Trinajstić information content (AvgIpc) is 2.68. The minimum absolute atomic E-state index is 0.151. The third-order valence-electron chi connectivity index (χ3n) is 4.15. The van der Waals surface area contributed by atoms with E-state index in [9.17, 15) is 26.4 Å². The van der Waals surface area contributed by atoms with Gasteiger partial charge in [0.1, 0.15) is 0 Å². The minimum Gasteiger partial charge on any atom is -0.462 e. The number of alkyl halides is 3. The number of sulfonamides is 1. The Labute approximate surface area is 168 Å². The number of carbonyl (C=O) groups excluding carboxylic acids is 1. The van der Waals surface area contributed by atoms with Gasteiger partial charge < -0.3 is 4.74 Å².